The smallest absolute Gasteiger partial charge is 0.417 e. The van der Waals surface area contributed by atoms with Gasteiger partial charge < -0.3 is 20.7 Å². The van der Waals surface area contributed by atoms with Crippen LogP contribution >= 0.6 is 0 Å². The number of fused-ring (bicyclic) bond motifs is 2. The maximum atomic E-state index is 12.8. The largest absolute Gasteiger partial charge is 0.446 e. The number of pyridine rings is 1. The predicted molar refractivity (Wildman–Crippen MR) is 106 cm³/mol. The lowest BCUT2D eigenvalue weighted by atomic mass is 9.66. The van der Waals surface area contributed by atoms with Crippen molar-refractivity contribution in [2.75, 3.05) is 18.4 Å². The number of halogens is 3. The van der Waals surface area contributed by atoms with E-state index in [2.05, 4.69) is 10.3 Å². The molecule has 2 bridgehead atoms. The van der Waals surface area contributed by atoms with Gasteiger partial charge >= 0.3 is 12.3 Å². The van der Waals surface area contributed by atoms with E-state index in [1.54, 1.807) is 4.90 Å². The Kier molecular flexibility index (Phi) is 5.98. The Labute approximate surface area is 178 Å². The highest BCUT2D eigenvalue weighted by atomic mass is 19.4. The third kappa shape index (κ3) is 4.88. The number of hydrogen-bond acceptors (Lipinski definition) is 5. The van der Waals surface area contributed by atoms with E-state index in [4.69, 9.17) is 10.5 Å². The van der Waals surface area contributed by atoms with Crippen molar-refractivity contribution in [3.8, 4) is 0 Å². The first-order chi connectivity index (χ1) is 14.7. The van der Waals surface area contributed by atoms with Crippen molar-refractivity contribution in [1.82, 2.24) is 9.88 Å². The number of alkyl halides is 3. The van der Waals surface area contributed by atoms with Gasteiger partial charge in [0, 0.05) is 31.2 Å². The molecule has 1 aliphatic heterocycles. The number of ether oxygens (including phenoxy) is 1. The van der Waals surface area contributed by atoms with Crippen molar-refractivity contribution in [2.24, 2.45) is 23.5 Å². The van der Waals surface area contributed by atoms with Crippen LogP contribution in [0.1, 0.15) is 44.1 Å². The zero-order valence-corrected chi connectivity index (χ0v) is 17.1. The number of nitrogens with one attached hydrogen (secondary N) is 1. The van der Waals surface area contributed by atoms with Gasteiger partial charge in [0.05, 0.1) is 5.56 Å². The molecular formula is C21H27F3N4O3. The summed E-state index contributed by atoms with van der Waals surface area (Å²) in [5, 5.41) is 3.09. The molecule has 2 saturated carbocycles. The molecule has 3 unspecified atom stereocenters. The summed E-state index contributed by atoms with van der Waals surface area (Å²) in [7, 11) is 0. The van der Waals surface area contributed by atoms with Gasteiger partial charge in [-0.05, 0) is 56.1 Å². The van der Waals surface area contributed by atoms with Crippen LogP contribution in [0.3, 0.4) is 0 Å². The van der Waals surface area contributed by atoms with Crippen LogP contribution in [0.2, 0.25) is 0 Å². The molecular weight excluding hydrogens is 413 g/mol. The topological polar surface area (TPSA) is 97.6 Å². The van der Waals surface area contributed by atoms with Crippen molar-refractivity contribution in [3.63, 3.8) is 0 Å². The molecule has 2 heterocycles. The number of primary amides is 1. The lowest BCUT2D eigenvalue weighted by Gasteiger charge is -2.44. The number of likely N-dealkylation sites (tertiary alicyclic amines) is 1. The molecule has 3 aliphatic rings. The first-order valence-electron chi connectivity index (χ1n) is 10.8. The van der Waals surface area contributed by atoms with E-state index in [1.807, 2.05) is 0 Å². The van der Waals surface area contributed by atoms with Crippen LogP contribution in [0.15, 0.2) is 18.3 Å². The van der Waals surface area contributed by atoms with Crippen LogP contribution < -0.4 is 11.1 Å². The number of anilines is 1. The Bertz CT molecular complexity index is 803. The quantitative estimate of drug-likeness (QED) is 0.748. The van der Waals surface area contributed by atoms with E-state index in [1.165, 1.54) is 6.07 Å². The van der Waals surface area contributed by atoms with Gasteiger partial charge in [-0.15, -0.1) is 0 Å². The Balaban J connectivity index is 1.30. The van der Waals surface area contributed by atoms with Gasteiger partial charge in [0.15, 0.2) is 0 Å². The molecule has 1 saturated heterocycles. The number of nitrogens with two attached hydrogens (primary N) is 1. The van der Waals surface area contributed by atoms with E-state index >= 15 is 0 Å². The predicted octanol–water partition coefficient (Wildman–Crippen LogP) is 3.40. The summed E-state index contributed by atoms with van der Waals surface area (Å²) in [6, 6.07) is 2.17. The molecule has 0 aromatic carbocycles. The number of hydrogen-bond donors (Lipinski definition) is 2. The molecule has 3 fully saturated rings. The summed E-state index contributed by atoms with van der Waals surface area (Å²) in [5.41, 5.74) is 4.70. The molecule has 2 aliphatic carbocycles. The van der Waals surface area contributed by atoms with Gasteiger partial charge in [0.1, 0.15) is 11.9 Å². The fourth-order valence-electron chi connectivity index (χ4n) is 5.20. The van der Waals surface area contributed by atoms with E-state index in [0.29, 0.717) is 38.2 Å². The van der Waals surface area contributed by atoms with Crippen LogP contribution in [0.5, 0.6) is 0 Å². The standard InChI is InChI=1S/C21H27F3N4O3/c22-21(23,24)15-4-5-17(26-10-15)27-16-6-7-28(11-16)20(30)31-18-12-2-1-3-13(18)9-14(8-12)19(25)29/h4-5,10,12-14,16,18H,1-3,6-9,11H2,(H2,25,29)(H,26,27). The summed E-state index contributed by atoms with van der Waals surface area (Å²) in [4.78, 5) is 29.8. The van der Waals surface area contributed by atoms with Crippen LogP contribution in [-0.2, 0) is 15.7 Å². The molecule has 0 spiro atoms. The molecule has 7 nitrogen and oxygen atoms in total. The Morgan fingerprint density at radius 2 is 1.87 bits per heavy atom. The van der Waals surface area contributed by atoms with Crippen molar-refractivity contribution in [1.29, 1.82) is 0 Å². The Hall–Kier alpha value is -2.52. The second kappa shape index (κ2) is 8.55. The fourth-order valence-corrected chi connectivity index (χ4v) is 5.20. The maximum Gasteiger partial charge on any atom is 0.417 e. The van der Waals surface area contributed by atoms with Crippen LogP contribution in [0, 0.1) is 17.8 Å². The van der Waals surface area contributed by atoms with Gasteiger partial charge in [0.2, 0.25) is 5.91 Å². The number of rotatable bonds is 4. The number of aromatic nitrogens is 1. The minimum atomic E-state index is -4.42. The average Bonchev–Trinajstić information content (AvgIpc) is 3.16. The van der Waals surface area contributed by atoms with Crippen LogP contribution in [0.4, 0.5) is 23.8 Å². The lowest BCUT2D eigenvalue weighted by Crippen LogP contribution is -2.47. The normalized spacial score (nSPS) is 30.7. The summed E-state index contributed by atoms with van der Waals surface area (Å²) >= 11 is 0. The highest BCUT2D eigenvalue weighted by Crippen LogP contribution is 2.44. The van der Waals surface area contributed by atoms with Crippen LogP contribution in [-0.4, -0.2) is 47.1 Å². The minimum absolute atomic E-state index is 0.109. The molecule has 3 atom stereocenters. The number of amides is 2. The third-order valence-electron chi connectivity index (χ3n) is 6.78. The van der Waals surface area contributed by atoms with E-state index in [9.17, 15) is 22.8 Å². The average molecular weight is 440 g/mol. The zero-order chi connectivity index (χ0) is 22.2. The van der Waals surface area contributed by atoms with Gasteiger partial charge in [-0.25, -0.2) is 9.78 Å². The summed E-state index contributed by atoms with van der Waals surface area (Å²) in [5.74, 6) is 0.269. The Morgan fingerprint density at radius 3 is 2.45 bits per heavy atom. The molecule has 4 rings (SSSR count). The lowest BCUT2D eigenvalue weighted by molar-refractivity contribution is -0.137. The van der Waals surface area contributed by atoms with E-state index in [-0.39, 0.29) is 41.9 Å². The molecule has 1 aromatic rings. The van der Waals surface area contributed by atoms with Crippen molar-refractivity contribution in [3.05, 3.63) is 23.9 Å². The SMILES string of the molecule is NC(=O)C1CC2CCCC(C1)C2OC(=O)N1CCC(Nc2ccc(C(F)(F)F)cn2)C1. The number of nitrogens with zero attached hydrogens (tertiary/aromatic N) is 2. The van der Waals surface area contributed by atoms with Gasteiger partial charge in [0.25, 0.3) is 0 Å². The summed E-state index contributed by atoms with van der Waals surface area (Å²) < 4.78 is 43.9. The van der Waals surface area contributed by atoms with Crippen LogP contribution in [0.25, 0.3) is 0 Å². The maximum absolute atomic E-state index is 12.8. The van der Waals surface area contributed by atoms with Gasteiger partial charge in [-0.1, -0.05) is 6.42 Å². The van der Waals surface area contributed by atoms with Crippen molar-refractivity contribution >= 4 is 17.8 Å². The fraction of sp³-hybridized carbons (Fsp3) is 0.667. The summed E-state index contributed by atoms with van der Waals surface area (Å²) in [6.07, 6.45) is 0.762. The second-order valence-corrected chi connectivity index (χ2v) is 8.88. The van der Waals surface area contributed by atoms with Gasteiger partial charge in [-0.3, -0.25) is 4.79 Å². The number of carbonyl (C=O) groups excluding carboxylic acids is 2. The van der Waals surface area contributed by atoms with E-state index < -0.39 is 11.7 Å². The van der Waals surface area contributed by atoms with E-state index in [0.717, 1.165) is 31.5 Å². The first-order valence-corrected chi connectivity index (χ1v) is 10.8. The minimum Gasteiger partial charge on any atom is -0.446 e. The molecule has 10 heteroatoms. The van der Waals surface area contributed by atoms with Crippen molar-refractivity contribution in [2.45, 2.75) is 56.8 Å². The molecule has 0 radical (unpaired) electrons. The monoisotopic (exact) mass is 440 g/mol. The number of carbonyl (C=O) groups is 2. The highest BCUT2D eigenvalue weighted by Gasteiger charge is 2.45. The first kappa shape index (κ1) is 21.7. The van der Waals surface area contributed by atoms with Gasteiger partial charge in [-0.2, -0.15) is 13.2 Å². The zero-order valence-electron chi connectivity index (χ0n) is 17.1. The molecule has 3 N–H and O–H groups in total. The molecule has 170 valence electrons. The highest BCUT2D eigenvalue weighted by molar-refractivity contribution is 5.77. The van der Waals surface area contributed by atoms with Crippen molar-refractivity contribution < 1.29 is 27.5 Å². The third-order valence-corrected chi connectivity index (χ3v) is 6.78. The summed E-state index contributed by atoms with van der Waals surface area (Å²) in [6.45, 7) is 0.899. The Morgan fingerprint density at radius 1 is 1.16 bits per heavy atom. The molecule has 31 heavy (non-hydrogen) atoms. The molecule has 2 amide bonds. The second-order valence-electron chi connectivity index (χ2n) is 8.88. The molecule has 1 aromatic heterocycles.